The van der Waals surface area contributed by atoms with Crippen LogP contribution < -0.4 is 0 Å². The van der Waals surface area contributed by atoms with E-state index in [1.54, 1.807) is 0 Å². The maximum atomic E-state index is 11.1. The zero-order chi connectivity index (χ0) is 12.5. The first-order valence-electron chi connectivity index (χ1n) is 6.52. The molecule has 0 aromatic heterocycles. The minimum Gasteiger partial charge on any atom is -0.396 e. The van der Waals surface area contributed by atoms with Crippen molar-refractivity contribution in [1.29, 1.82) is 0 Å². The summed E-state index contributed by atoms with van der Waals surface area (Å²) in [6.07, 6.45) is 7.78. The van der Waals surface area contributed by atoms with Gasteiger partial charge in [-0.1, -0.05) is 18.6 Å². The van der Waals surface area contributed by atoms with E-state index in [0.717, 1.165) is 32.0 Å². The van der Waals surface area contributed by atoms with E-state index in [2.05, 4.69) is 6.92 Å². The quantitative estimate of drug-likeness (QED) is 0.582. The van der Waals surface area contributed by atoms with Crippen molar-refractivity contribution < 1.29 is 15.0 Å². The summed E-state index contributed by atoms with van der Waals surface area (Å²) < 4.78 is 0. The van der Waals surface area contributed by atoms with E-state index in [-0.39, 0.29) is 17.9 Å². The fourth-order valence-electron chi connectivity index (χ4n) is 3.60. The van der Waals surface area contributed by atoms with Crippen molar-refractivity contribution in [2.24, 2.45) is 11.3 Å². The van der Waals surface area contributed by atoms with Gasteiger partial charge in [0.25, 0.3) is 0 Å². The van der Waals surface area contributed by atoms with Crippen molar-refractivity contribution in [3.05, 3.63) is 11.6 Å². The van der Waals surface area contributed by atoms with E-state index < -0.39 is 5.60 Å². The summed E-state index contributed by atoms with van der Waals surface area (Å²) in [6, 6.07) is 0. The monoisotopic (exact) mass is 238 g/mol. The molecule has 2 N–H and O–H groups in total. The van der Waals surface area contributed by atoms with Crippen LogP contribution in [0.4, 0.5) is 0 Å². The zero-order valence-electron chi connectivity index (χ0n) is 10.5. The highest BCUT2D eigenvalue weighted by Gasteiger charge is 2.57. The summed E-state index contributed by atoms with van der Waals surface area (Å²) in [7, 11) is 0. The molecule has 0 bridgehead atoms. The average Bonchev–Trinajstić information content (AvgIpc) is 2.58. The molecule has 0 aromatic rings. The molecule has 0 aromatic carbocycles. The third-order valence-corrected chi connectivity index (χ3v) is 4.96. The number of fused-ring (bicyclic) bond motifs is 1. The van der Waals surface area contributed by atoms with Gasteiger partial charge < -0.3 is 15.0 Å². The van der Waals surface area contributed by atoms with Gasteiger partial charge in [-0.3, -0.25) is 0 Å². The van der Waals surface area contributed by atoms with Crippen LogP contribution in [0.1, 0.15) is 45.4 Å². The molecule has 0 heterocycles. The Bertz CT molecular complexity index is 336. The molecule has 3 heteroatoms. The molecule has 3 nitrogen and oxygen atoms in total. The Morgan fingerprint density at radius 1 is 1.47 bits per heavy atom. The van der Waals surface area contributed by atoms with Crippen molar-refractivity contribution in [2.45, 2.75) is 51.0 Å². The number of hydrogen-bond donors (Lipinski definition) is 2. The Balaban J connectivity index is 2.18. The molecule has 0 spiro atoms. The molecular weight excluding hydrogens is 216 g/mol. The Labute approximate surface area is 103 Å². The molecule has 0 unspecified atom stereocenters. The summed E-state index contributed by atoms with van der Waals surface area (Å²) in [5.41, 5.74) is 0.286. The van der Waals surface area contributed by atoms with E-state index in [1.807, 2.05) is 6.08 Å². The Kier molecular flexibility index (Phi) is 3.41. The minimum atomic E-state index is -0.710. The van der Waals surface area contributed by atoms with Gasteiger partial charge in [-0.15, -0.1) is 0 Å². The van der Waals surface area contributed by atoms with E-state index >= 15 is 0 Å². The number of aliphatic hydroxyl groups excluding tert-OH is 1. The van der Waals surface area contributed by atoms with Crippen LogP contribution in [0.5, 0.6) is 0 Å². The predicted molar refractivity (Wildman–Crippen MR) is 65.5 cm³/mol. The number of hydrogen-bond acceptors (Lipinski definition) is 3. The van der Waals surface area contributed by atoms with Crippen LogP contribution in [-0.2, 0) is 4.79 Å². The maximum Gasteiger partial charge on any atom is 0.123 e. The van der Waals surface area contributed by atoms with Crippen LogP contribution in [-0.4, -0.2) is 28.7 Å². The van der Waals surface area contributed by atoms with Gasteiger partial charge in [-0.25, -0.2) is 0 Å². The van der Waals surface area contributed by atoms with Gasteiger partial charge in [-0.05, 0) is 38.5 Å². The van der Waals surface area contributed by atoms with Gasteiger partial charge in [0.1, 0.15) is 6.29 Å². The van der Waals surface area contributed by atoms with E-state index in [9.17, 15) is 9.90 Å². The molecular formula is C14H22O3. The molecule has 0 saturated heterocycles. The van der Waals surface area contributed by atoms with Gasteiger partial charge in [0.2, 0.25) is 0 Å². The molecule has 2 fully saturated rings. The highest BCUT2D eigenvalue weighted by atomic mass is 16.3. The van der Waals surface area contributed by atoms with E-state index in [4.69, 9.17) is 5.11 Å². The largest absolute Gasteiger partial charge is 0.396 e. The van der Waals surface area contributed by atoms with Gasteiger partial charge >= 0.3 is 0 Å². The Hall–Kier alpha value is -0.670. The van der Waals surface area contributed by atoms with Gasteiger partial charge in [0.05, 0.1) is 5.60 Å². The topological polar surface area (TPSA) is 57.5 Å². The standard InChI is InChI=1S/C14H22O3/c1-13-6-4-11(3-2-8-15)9-14(13,17)7-5-12(13)10-16/h3,10,12,15,17H,2,4-9H2,1H3/b11-3-/t12-,13-,14+/m1/s1. The second kappa shape index (κ2) is 4.54. The molecule has 96 valence electrons. The van der Waals surface area contributed by atoms with Crippen LogP contribution in [0.15, 0.2) is 11.6 Å². The normalized spacial score (nSPS) is 43.7. The maximum absolute atomic E-state index is 11.1. The highest BCUT2D eigenvalue weighted by Crippen LogP contribution is 2.58. The Morgan fingerprint density at radius 3 is 2.88 bits per heavy atom. The lowest BCUT2D eigenvalue weighted by molar-refractivity contribution is -0.123. The number of rotatable bonds is 3. The first-order valence-corrected chi connectivity index (χ1v) is 6.52. The van der Waals surface area contributed by atoms with Gasteiger partial charge in [0, 0.05) is 17.9 Å². The number of aldehydes is 1. The number of carbonyl (C=O) groups excluding carboxylic acids is 1. The van der Waals surface area contributed by atoms with Crippen LogP contribution in [0.25, 0.3) is 0 Å². The van der Waals surface area contributed by atoms with Crippen LogP contribution in [0.3, 0.4) is 0 Å². The van der Waals surface area contributed by atoms with Crippen LogP contribution in [0, 0.1) is 11.3 Å². The fraction of sp³-hybridized carbons (Fsp3) is 0.786. The van der Waals surface area contributed by atoms with E-state index in [1.165, 1.54) is 5.57 Å². The van der Waals surface area contributed by atoms with Gasteiger partial charge in [-0.2, -0.15) is 0 Å². The SMILES string of the molecule is C[C@]12CC/C(=C/CCO)C[C@@]1(O)CC[C@@H]2C=O. The first-order chi connectivity index (χ1) is 8.05. The molecule has 2 saturated carbocycles. The van der Waals surface area contributed by atoms with Crippen molar-refractivity contribution in [2.75, 3.05) is 6.61 Å². The molecule has 3 atom stereocenters. The van der Waals surface area contributed by atoms with Crippen LogP contribution >= 0.6 is 0 Å². The second-order valence-corrected chi connectivity index (χ2v) is 5.78. The molecule has 0 amide bonds. The second-order valence-electron chi connectivity index (χ2n) is 5.78. The lowest BCUT2D eigenvalue weighted by Gasteiger charge is -2.46. The van der Waals surface area contributed by atoms with Gasteiger partial charge in [0.15, 0.2) is 0 Å². The molecule has 2 aliphatic carbocycles. The molecule has 0 radical (unpaired) electrons. The molecule has 0 aliphatic heterocycles. The molecule has 17 heavy (non-hydrogen) atoms. The lowest BCUT2D eigenvalue weighted by atomic mass is 9.62. The summed E-state index contributed by atoms with van der Waals surface area (Å²) >= 11 is 0. The fourth-order valence-corrected chi connectivity index (χ4v) is 3.60. The third-order valence-electron chi connectivity index (χ3n) is 4.96. The van der Waals surface area contributed by atoms with Crippen molar-refractivity contribution in [3.8, 4) is 0 Å². The summed E-state index contributed by atoms with van der Waals surface area (Å²) in [5, 5.41) is 19.6. The Morgan fingerprint density at radius 2 is 2.24 bits per heavy atom. The summed E-state index contributed by atoms with van der Waals surface area (Å²) in [5.74, 6) is 0.00638. The zero-order valence-corrected chi connectivity index (χ0v) is 10.5. The summed E-state index contributed by atoms with van der Waals surface area (Å²) in [6.45, 7) is 2.22. The number of aliphatic hydroxyl groups is 2. The average molecular weight is 238 g/mol. The third kappa shape index (κ3) is 1.95. The predicted octanol–water partition coefficient (Wildman–Crippen LogP) is 1.83. The van der Waals surface area contributed by atoms with Crippen molar-refractivity contribution >= 4 is 6.29 Å². The van der Waals surface area contributed by atoms with Crippen molar-refractivity contribution in [1.82, 2.24) is 0 Å². The minimum absolute atomic E-state index is 0.00638. The first kappa shape index (κ1) is 12.8. The lowest BCUT2D eigenvalue weighted by Crippen LogP contribution is -2.48. The summed E-state index contributed by atoms with van der Waals surface area (Å²) in [4.78, 5) is 11.1. The van der Waals surface area contributed by atoms with Crippen molar-refractivity contribution in [3.63, 3.8) is 0 Å². The van der Waals surface area contributed by atoms with Crippen LogP contribution in [0.2, 0.25) is 0 Å². The number of carbonyl (C=O) groups is 1. The highest BCUT2D eigenvalue weighted by molar-refractivity contribution is 5.57. The van der Waals surface area contributed by atoms with E-state index in [0.29, 0.717) is 12.8 Å². The molecule has 2 aliphatic rings. The smallest absolute Gasteiger partial charge is 0.123 e. The molecule has 2 rings (SSSR count).